The van der Waals surface area contributed by atoms with Gasteiger partial charge in [-0.05, 0) is 43.7 Å². The van der Waals surface area contributed by atoms with Crippen molar-refractivity contribution < 1.29 is 27.4 Å². The fourth-order valence-electron chi connectivity index (χ4n) is 3.29. The maximum Gasteiger partial charge on any atom is 0.347 e. The minimum atomic E-state index is -3.74. The number of nitrogens with zero attached hydrogens (tertiary/aromatic N) is 1. The van der Waals surface area contributed by atoms with Crippen molar-refractivity contribution in [2.75, 3.05) is 20.8 Å². The summed E-state index contributed by atoms with van der Waals surface area (Å²) in [5.41, 5.74) is 2.47. The van der Waals surface area contributed by atoms with Crippen LogP contribution in [0.3, 0.4) is 0 Å². The summed E-state index contributed by atoms with van der Waals surface area (Å²) in [6.07, 6.45) is -0.454. The molecule has 2 aromatic carbocycles. The second kappa shape index (κ2) is 8.42. The zero-order chi connectivity index (χ0) is 21.2. The number of benzene rings is 2. The SMILES string of the molecule is CCOC(=O)[C@H]1Cc2cc(S(=O)(=O)N(C)Cc3cc(C)ccc3OC)ccc2O1. The molecule has 8 heteroatoms. The molecule has 0 amide bonds. The fraction of sp³-hybridized carbons (Fsp3) is 0.381. The number of hydrogen-bond donors (Lipinski definition) is 0. The number of sulfonamides is 1. The van der Waals surface area contributed by atoms with Crippen LogP contribution in [0.4, 0.5) is 0 Å². The highest BCUT2D eigenvalue weighted by atomic mass is 32.2. The number of fused-ring (bicyclic) bond motifs is 1. The van der Waals surface area contributed by atoms with Crippen LogP contribution in [0, 0.1) is 6.92 Å². The molecule has 29 heavy (non-hydrogen) atoms. The molecule has 1 aliphatic heterocycles. The molecule has 1 aliphatic rings. The largest absolute Gasteiger partial charge is 0.496 e. The van der Waals surface area contributed by atoms with E-state index in [1.54, 1.807) is 26.2 Å². The molecular weight excluding hydrogens is 394 g/mol. The van der Waals surface area contributed by atoms with E-state index in [2.05, 4.69) is 0 Å². The quantitative estimate of drug-likeness (QED) is 0.642. The molecule has 156 valence electrons. The third-order valence-electron chi connectivity index (χ3n) is 4.79. The van der Waals surface area contributed by atoms with E-state index in [9.17, 15) is 13.2 Å². The van der Waals surface area contributed by atoms with Gasteiger partial charge in [0.2, 0.25) is 10.0 Å². The molecule has 0 aromatic heterocycles. The van der Waals surface area contributed by atoms with Gasteiger partial charge in [-0.15, -0.1) is 0 Å². The summed E-state index contributed by atoms with van der Waals surface area (Å²) in [6, 6.07) is 10.3. The van der Waals surface area contributed by atoms with Crippen molar-refractivity contribution in [2.45, 2.75) is 37.8 Å². The molecule has 1 heterocycles. The van der Waals surface area contributed by atoms with Crippen LogP contribution in [0.2, 0.25) is 0 Å². The number of rotatable bonds is 7. The standard InChI is InChI=1S/C21H25NO6S/c1-5-27-21(23)20-12-15-11-17(7-9-19(15)28-20)29(24,25)22(3)13-16-10-14(2)6-8-18(16)26-4/h6-11,20H,5,12-13H2,1-4H3/t20-/m1/s1. The van der Waals surface area contributed by atoms with Gasteiger partial charge >= 0.3 is 5.97 Å². The first-order valence-electron chi connectivity index (χ1n) is 9.32. The highest BCUT2D eigenvalue weighted by Gasteiger charge is 2.32. The van der Waals surface area contributed by atoms with Gasteiger partial charge in [0.1, 0.15) is 11.5 Å². The lowest BCUT2D eigenvalue weighted by molar-refractivity contribution is -0.150. The van der Waals surface area contributed by atoms with Crippen molar-refractivity contribution in [2.24, 2.45) is 0 Å². The number of aryl methyl sites for hydroxylation is 1. The van der Waals surface area contributed by atoms with Crippen molar-refractivity contribution >= 4 is 16.0 Å². The second-order valence-electron chi connectivity index (χ2n) is 6.91. The fourth-order valence-corrected chi connectivity index (χ4v) is 4.49. The van der Waals surface area contributed by atoms with Crippen molar-refractivity contribution in [3.8, 4) is 11.5 Å². The zero-order valence-electron chi connectivity index (χ0n) is 17.0. The van der Waals surface area contributed by atoms with E-state index in [1.165, 1.54) is 17.4 Å². The number of esters is 1. The van der Waals surface area contributed by atoms with E-state index >= 15 is 0 Å². The van der Waals surface area contributed by atoms with Crippen LogP contribution in [-0.2, 0) is 32.5 Å². The van der Waals surface area contributed by atoms with Gasteiger partial charge in [0.25, 0.3) is 0 Å². The van der Waals surface area contributed by atoms with Gasteiger partial charge in [-0.25, -0.2) is 13.2 Å². The van der Waals surface area contributed by atoms with Crippen LogP contribution in [0.5, 0.6) is 11.5 Å². The Bertz CT molecular complexity index is 1020. The molecule has 1 atom stereocenters. The maximum absolute atomic E-state index is 13.1. The Kier molecular flexibility index (Phi) is 6.14. The Hall–Kier alpha value is -2.58. The molecule has 0 N–H and O–H groups in total. The van der Waals surface area contributed by atoms with E-state index in [-0.39, 0.29) is 24.5 Å². The highest BCUT2D eigenvalue weighted by Crippen LogP contribution is 2.32. The lowest BCUT2D eigenvalue weighted by atomic mass is 10.1. The van der Waals surface area contributed by atoms with E-state index in [4.69, 9.17) is 14.2 Å². The lowest BCUT2D eigenvalue weighted by Gasteiger charge is -2.19. The first kappa shape index (κ1) is 21.1. The Labute approximate surface area is 171 Å². The summed E-state index contributed by atoms with van der Waals surface area (Å²) in [7, 11) is -0.650. The second-order valence-corrected chi connectivity index (χ2v) is 8.95. The Morgan fingerprint density at radius 1 is 1.24 bits per heavy atom. The molecule has 0 aliphatic carbocycles. The van der Waals surface area contributed by atoms with Crippen LogP contribution in [-0.4, -0.2) is 45.6 Å². The molecule has 0 saturated heterocycles. The van der Waals surface area contributed by atoms with Crippen LogP contribution >= 0.6 is 0 Å². The van der Waals surface area contributed by atoms with Gasteiger partial charge in [0.05, 0.1) is 18.6 Å². The zero-order valence-corrected chi connectivity index (χ0v) is 17.8. The van der Waals surface area contributed by atoms with Crippen LogP contribution in [0.25, 0.3) is 0 Å². The molecule has 2 aromatic rings. The van der Waals surface area contributed by atoms with E-state index < -0.39 is 22.1 Å². The maximum atomic E-state index is 13.1. The molecule has 0 radical (unpaired) electrons. The molecule has 7 nitrogen and oxygen atoms in total. The summed E-state index contributed by atoms with van der Waals surface area (Å²) in [5, 5.41) is 0. The number of carbonyl (C=O) groups is 1. The lowest BCUT2D eigenvalue weighted by Crippen LogP contribution is -2.27. The van der Waals surface area contributed by atoms with E-state index in [0.29, 0.717) is 17.1 Å². The molecule has 0 bridgehead atoms. The van der Waals surface area contributed by atoms with Crippen LogP contribution in [0.1, 0.15) is 23.6 Å². The molecule has 3 rings (SSSR count). The summed E-state index contributed by atoms with van der Waals surface area (Å²) >= 11 is 0. The van der Waals surface area contributed by atoms with Crippen molar-refractivity contribution in [1.29, 1.82) is 0 Å². The summed E-state index contributed by atoms with van der Waals surface area (Å²) in [5.74, 6) is 0.694. The number of carbonyl (C=O) groups excluding carboxylic acids is 1. The topological polar surface area (TPSA) is 82.1 Å². The number of hydrogen-bond acceptors (Lipinski definition) is 6. The number of methoxy groups -OCH3 is 1. The average molecular weight is 419 g/mol. The normalized spacial score (nSPS) is 15.7. The first-order valence-corrected chi connectivity index (χ1v) is 10.8. The molecule has 0 spiro atoms. The Balaban J connectivity index is 1.82. The summed E-state index contributed by atoms with van der Waals surface area (Å²) < 4.78 is 43.4. The predicted molar refractivity (Wildman–Crippen MR) is 108 cm³/mol. The predicted octanol–water partition coefficient (Wildman–Crippen LogP) is 2.69. The van der Waals surface area contributed by atoms with Gasteiger partial charge in [-0.3, -0.25) is 0 Å². The first-order chi connectivity index (χ1) is 13.8. The molecule has 0 fully saturated rings. The third-order valence-corrected chi connectivity index (χ3v) is 6.59. The Morgan fingerprint density at radius 2 is 2.00 bits per heavy atom. The average Bonchev–Trinajstić information content (AvgIpc) is 3.12. The smallest absolute Gasteiger partial charge is 0.347 e. The van der Waals surface area contributed by atoms with Gasteiger partial charge in [-0.1, -0.05) is 17.7 Å². The summed E-state index contributed by atoms with van der Waals surface area (Å²) in [6.45, 7) is 4.11. The highest BCUT2D eigenvalue weighted by molar-refractivity contribution is 7.89. The van der Waals surface area contributed by atoms with Crippen LogP contribution in [0.15, 0.2) is 41.3 Å². The summed E-state index contributed by atoms with van der Waals surface area (Å²) in [4.78, 5) is 12.1. The minimum Gasteiger partial charge on any atom is -0.496 e. The van der Waals surface area contributed by atoms with Gasteiger partial charge in [0, 0.05) is 25.6 Å². The molecule has 0 saturated carbocycles. The molecule has 0 unspecified atom stereocenters. The van der Waals surface area contributed by atoms with Crippen LogP contribution < -0.4 is 9.47 Å². The Morgan fingerprint density at radius 3 is 2.69 bits per heavy atom. The van der Waals surface area contributed by atoms with E-state index in [1.807, 2.05) is 25.1 Å². The monoisotopic (exact) mass is 419 g/mol. The van der Waals surface area contributed by atoms with Gasteiger partial charge < -0.3 is 14.2 Å². The van der Waals surface area contributed by atoms with Gasteiger partial charge in [0.15, 0.2) is 6.10 Å². The third kappa shape index (κ3) is 4.38. The van der Waals surface area contributed by atoms with Crippen molar-refractivity contribution in [3.63, 3.8) is 0 Å². The minimum absolute atomic E-state index is 0.151. The molecular formula is C21H25NO6S. The van der Waals surface area contributed by atoms with Gasteiger partial charge in [-0.2, -0.15) is 4.31 Å². The van der Waals surface area contributed by atoms with E-state index in [0.717, 1.165) is 11.1 Å². The number of ether oxygens (including phenoxy) is 3. The van der Waals surface area contributed by atoms with Crippen molar-refractivity contribution in [1.82, 2.24) is 4.31 Å². The van der Waals surface area contributed by atoms with Crippen molar-refractivity contribution in [3.05, 3.63) is 53.1 Å².